The molecule has 0 unspecified atom stereocenters. The normalized spacial score (nSPS) is 11.3. The first-order valence-electron chi connectivity index (χ1n) is 9.42. The van der Waals surface area contributed by atoms with Crippen LogP contribution in [0.3, 0.4) is 0 Å². The van der Waals surface area contributed by atoms with Crippen LogP contribution in [0, 0.1) is 0 Å². The highest BCUT2D eigenvalue weighted by atomic mass is 16.6. The summed E-state index contributed by atoms with van der Waals surface area (Å²) in [5.74, 6) is 1.26. The predicted molar refractivity (Wildman–Crippen MR) is 111 cm³/mol. The number of H-pyrrole nitrogens is 1. The fourth-order valence-electron chi connectivity index (χ4n) is 2.66. The number of hydrogen-bond acceptors (Lipinski definition) is 7. The number of nitrogens with zero attached hydrogens (tertiary/aromatic N) is 3. The molecule has 1 amide bonds. The highest BCUT2D eigenvalue weighted by molar-refractivity contribution is 5.88. The first-order valence-corrected chi connectivity index (χ1v) is 9.42. The van der Waals surface area contributed by atoms with E-state index in [0.717, 1.165) is 22.5 Å². The van der Waals surface area contributed by atoms with Gasteiger partial charge in [0.2, 0.25) is 5.95 Å². The lowest BCUT2D eigenvalue weighted by atomic mass is 10.1. The summed E-state index contributed by atoms with van der Waals surface area (Å²) in [5, 5.41) is 5.92. The molecule has 0 bridgehead atoms. The number of rotatable bonds is 7. The van der Waals surface area contributed by atoms with E-state index in [-0.39, 0.29) is 0 Å². The highest BCUT2D eigenvalue weighted by Gasteiger charge is 2.15. The molecule has 29 heavy (non-hydrogen) atoms. The molecule has 3 aromatic rings. The maximum absolute atomic E-state index is 11.7. The molecular formula is C20H26N6O3. The van der Waals surface area contributed by atoms with Crippen molar-refractivity contribution >= 4 is 23.2 Å². The predicted octanol–water partition coefficient (Wildman–Crippen LogP) is 3.36. The van der Waals surface area contributed by atoms with Gasteiger partial charge in [-0.3, -0.25) is 0 Å². The standard InChI is InChI=1S/C20H26N6O3/c1-20(2,3)29-19(27)22-11-5-10-21-18-25-15(16-17(26-18)24-12-23-16)13-6-8-14(28-4)9-7-13/h6-9,12H,5,10-11H2,1-4H3,(H,22,27)(H2,21,23,24,25,26). The van der Waals surface area contributed by atoms with E-state index in [1.165, 1.54) is 0 Å². The third-order valence-corrected chi connectivity index (χ3v) is 3.95. The molecule has 0 aliphatic rings. The van der Waals surface area contributed by atoms with Crippen LogP contribution in [0.15, 0.2) is 30.6 Å². The summed E-state index contributed by atoms with van der Waals surface area (Å²) < 4.78 is 10.4. The van der Waals surface area contributed by atoms with Crippen LogP contribution >= 0.6 is 0 Å². The van der Waals surface area contributed by atoms with Crippen molar-refractivity contribution in [3.8, 4) is 17.0 Å². The van der Waals surface area contributed by atoms with E-state index in [9.17, 15) is 4.79 Å². The molecule has 1 aromatic carbocycles. The number of carbonyl (C=O) groups is 1. The Labute approximate surface area is 169 Å². The molecule has 2 heterocycles. The minimum atomic E-state index is -0.507. The molecule has 0 fully saturated rings. The minimum Gasteiger partial charge on any atom is -0.497 e. The highest BCUT2D eigenvalue weighted by Crippen LogP contribution is 2.26. The monoisotopic (exact) mass is 398 g/mol. The van der Waals surface area contributed by atoms with Crippen molar-refractivity contribution in [2.75, 3.05) is 25.5 Å². The quantitative estimate of drug-likeness (QED) is 0.523. The molecule has 9 nitrogen and oxygen atoms in total. The molecule has 2 aromatic heterocycles. The molecule has 0 aliphatic carbocycles. The second-order valence-corrected chi connectivity index (χ2v) is 7.43. The van der Waals surface area contributed by atoms with Crippen LogP contribution in [0.5, 0.6) is 5.75 Å². The van der Waals surface area contributed by atoms with Crippen molar-refractivity contribution in [3.63, 3.8) is 0 Å². The number of hydrogen-bond donors (Lipinski definition) is 3. The van der Waals surface area contributed by atoms with Gasteiger partial charge in [0.15, 0.2) is 5.65 Å². The topological polar surface area (TPSA) is 114 Å². The Hall–Kier alpha value is -3.36. The maximum Gasteiger partial charge on any atom is 0.407 e. The molecule has 3 rings (SSSR count). The second kappa shape index (κ2) is 8.76. The Bertz CT molecular complexity index is 963. The number of methoxy groups -OCH3 is 1. The smallest absolute Gasteiger partial charge is 0.407 e. The van der Waals surface area contributed by atoms with E-state index < -0.39 is 11.7 Å². The van der Waals surface area contributed by atoms with E-state index in [4.69, 9.17) is 9.47 Å². The number of fused-ring (bicyclic) bond motifs is 1. The average molecular weight is 398 g/mol. The van der Waals surface area contributed by atoms with Crippen LogP contribution in [-0.2, 0) is 4.74 Å². The van der Waals surface area contributed by atoms with Crippen molar-refractivity contribution < 1.29 is 14.3 Å². The van der Waals surface area contributed by atoms with Crippen LogP contribution in [0.25, 0.3) is 22.4 Å². The van der Waals surface area contributed by atoms with Crippen molar-refractivity contribution in [1.82, 2.24) is 25.3 Å². The summed E-state index contributed by atoms with van der Waals surface area (Å²) in [6.45, 7) is 6.57. The zero-order valence-electron chi connectivity index (χ0n) is 17.1. The van der Waals surface area contributed by atoms with Gasteiger partial charge in [-0.1, -0.05) is 0 Å². The lowest BCUT2D eigenvalue weighted by molar-refractivity contribution is 0.0528. The number of alkyl carbamates (subject to hydrolysis) is 1. The van der Waals surface area contributed by atoms with Gasteiger partial charge in [0, 0.05) is 18.7 Å². The van der Waals surface area contributed by atoms with Crippen molar-refractivity contribution in [3.05, 3.63) is 30.6 Å². The largest absolute Gasteiger partial charge is 0.497 e. The van der Waals surface area contributed by atoms with E-state index >= 15 is 0 Å². The van der Waals surface area contributed by atoms with Gasteiger partial charge in [0.25, 0.3) is 0 Å². The van der Waals surface area contributed by atoms with Gasteiger partial charge in [-0.2, -0.15) is 4.98 Å². The second-order valence-electron chi connectivity index (χ2n) is 7.43. The molecule has 0 atom stereocenters. The van der Waals surface area contributed by atoms with E-state index in [1.54, 1.807) is 13.4 Å². The first kappa shape index (κ1) is 20.4. The molecule has 0 radical (unpaired) electrons. The number of nitrogens with one attached hydrogen (secondary N) is 3. The average Bonchev–Trinajstić information content (AvgIpc) is 3.14. The lowest BCUT2D eigenvalue weighted by Gasteiger charge is -2.19. The minimum absolute atomic E-state index is 0.423. The number of carbonyl (C=O) groups excluding carboxylic acids is 1. The van der Waals surface area contributed by atoms with Crippen LogP contribution < -0.4 is 15.4 Å². The molecule has 0 spiro atoms. The molecule has 3 N–H and O–H groups in total. The number of benzene rings is 1. The first-order chi connectivity index (χ1) is 13.9. The Morgan fingerprint density at radius 3 is 2.59 bits per heavy atom. The number of imidazole rings is 1. The molecule has 9 heteroatoms. The van der Waals surface area contributed by atoms with Crippen molar-refractivity contribution in [2.45, 2.75) is 32.8 Å². The number of amides is 1. The molecular weight excluding hydrogens is 372 g/mol. The van der Waals surface area contributed by atoms with Crippen LogP contribution in [0.1, 0.15) is 27.2 Å². The Kier molecular flexibility index (Phi) is 6.16. The Morgan fingerprint density at radius 1 is 1.14 bits per heavy atom. The third-order valence-electron chi connectivity index (χ3n) is 3.95. The van der Waals surface area contributed by atoms with Gasteiger partial charge in [0.1, 0.15) is 22.6 Å². The maximum atomic E-state index is 11.7. The van der Waals surface area contributed by atoms with Gasteiger partial charge in [0.05, 0.1) is 13.4 Å². The van der Waals surface area contributed by atoms with Gasteiger partial charge < -0.3 is 25.1 Å². The number of aromatic nitrogens is 4. The SMILES string of the molecule is COc1ccc(-c2nc(NCCCNC(=O)OC(C)(C)C)nc3nc[nH]c23)cc1. The third kappa shape index (κ3) is 5.56. The van der Waals surface area contributed by atoms with E-state index in [2.05, 4.69) is 30.6 Å². The zero-order valence-corrected chi connectivity index (χ0v) is 17.1. The molecule has 0 aliphatic heterocycles. The van der Waals surface area contributed by atoms with Gasteiger partial charge in [-0.25, -0.2) is 14.8 Å². The fraction of sp³-hybridized carbons (Fsp3) is 0.400. The Balaban J connectivity index is 1.62. The molecule has 0 saturated carbocycles. The van der Waals surface area contributed by atoms with Crippen LogP contribution in [-0.4, -0.2) is 51.8 Å². The fourth-order valence-corrected chi connectivity index (χ4v) is 2.66. The van der Waals surface area contributed by atoms with Gasteiger partial charge in [-0.15, -0.1) is 0 Å². The summed E-state index contributed by atoms with van der Waals surface area (Å²) in [5.41, 5.74) is 2.53. The van der Waals surface area contributed by atoms with Crippen LogP contribution in [0.4, 0.5) is 10.7 Å². The Morgan fingerprint density at radius 2 is 1.90 bits per heavy atom. The lowest BCUT2D eigenvalue weighted by Crippen LogP contribution is -2.33. The number of anilines is 1. The van der Waals surface area contributed by atoms with E-state index in [0.29, 0.717) is 31.1 Å². The van der Waals surface area contributed by atoms with Crippen molar-refractivity contribution in [1.29, 1.82) is 0 Å². The molecule has 154 valence electrons. The molecule has 0 saturated heterocycles. The zero-order chi connectivity index (χ0) is 20.9. The van der Waals surface area contributed by atoms with E-state index in [1.807, 2.05) is 45.0 Å². The van der Waals surface area contributed by atoms with Gasteiger partial charge in [-0.05, 0) is 51.5 Å². The van der Waals surface area contributed by atoms with Crippen molar-refractivity contribution in [2.24, 2.45) is 0 Å². The number of aromatic amines is 1. The summed E-state index contributed by atoms with van der Waals surface area (Å²) >= 11 is 0. The summed E-state index contributed by atoms with van der Waals surface area (Å²) in [4.78, 5) is 28.1. The van der Waals surface area contributed by atoms with Gasteiger partial charge >= 0.3 is 6.09 Å². The summed E-state index contributed by atoms with van der Waals surface area (Å²) in [6.07, 6.45) is 1.87. The van der Waals surface area contributed by atoms with Crippen LogP contribution in [0.2, 0.25) is 0 Å². The summed E-state index contributed by atoms with van der Waals surface area (Å²) in [7, 11) is 1.63. The number of ether oxygens (including phenoxy) is 2. The summed E-state index contributed by atoms with van der Waals surface area (Å²) in [6, 6.07) is 7.65.